The average molecular weight is 251 g/mol. The molecule has 1 aromatic carbocycles. The molecule has 0 aliphatic carbocycles. The molecule has 17 heavy (non-hydrogen) atoms. The van der Waals surface area contributed by atoms with Crippen molar-refractivity contribution < 1.29 is 5.11 Å². The Morgan fingerprint density at radius 2 is 2.00 bits per heavy atom. The lowest BCUT2D eigenvalue weighted by Crippen LogP contribution is -2.20. The summed E-state index contributed by atoms with van der Waals surface area (Å²) in [7, 11) is 0. The maximum Gasteiger partial charge on any atom is 0.0914 e. The fraction of sp³-hybridized carbons (Fsp3) is 0.231. The number of nitrogens with one attached hydrogen (secondary N) is 2. The molecule has 0 saturated carbocycles. The standard InChI is InChI=1S/C13H15ClN2O/c14-12-3-1-11(2-4-12)13(17)9-16-8-10-5-6-15-7-10/h1-7,13,15-17H,8-9H2. The minimum absolute atomic E-state index is 0.508. The van der Waals surface area contributed by atoms with Crippen molar-refractivity contribution in [3.8, 4) is 0 Å². The number of hydrogen-bond acceptors (Lipinski definition) is 2. The van der Waals surface area contributed by atoms with Crippen molar-refractivity contribution >= 4 is 11.6 Å². The third kappa shape index (κ3) is 3.60. The van der Waals surface area contributed by atoms with Crippen LogP contribution in [0.1, 0.15) is 17.2 Å². The van der Waals surface area contributed by atoms with Crippen molar-refractivity contribution in [1.82, 2.24) is 10.3 Å². The van der Waals surface area contributed by atoms with E-state index < -0.39 is 6.10 Å². The van der Waals surface area contributed by atoms with E-state index in [0.29, 0.717) is 11.6 Å². The van der Waals surface area contributed by atoms with Crippen molar-refractivity contribution in [1.29, 1.82) is 0 Å². The molecule has 4 heteroatoms. The maximum absolute atomic E-state index is 9.93. The molecule has 1 atom stereocenters. The van der Waals surface area contributed by atoms with Crippen molar-refractivity contribution in [3.05, 3.63) is 58.9 Å². The maximum atomic E-state index is 9.93. The molecule has 2 aromatic rings. The largest absolute Gasteiger partial charge is 0.387 e. The van der Waals surface area contributed by atoms with Gasteiger partial charge in [0.2, 0.25) is 0 Å². The van der Waals surface area contributed by atoms with E-state index in [2.05, 4.69) is 10.3 Å². The van der Waals surface area contributed by atoms with Crippen LogP contribution >= 0.6 is 11.6 Å². The quantitative estimate of drug-likeness (QED) is 0.764. The van der Waals surface area contributed by atoms with Gasteiger partial charge in [-0.2, -0.15) is 0 Å². The molecule has 0 fully saturated rings. The monoisotopic (exact) mass is 250 g/mol. The van der Waals surface area contributed by atoms with E-state index >= 15 is 0 Å². The molecule has 0 bridgehead atoms. The normalized spacial score (nSPS) is 12.6. The number of rotatable bonds is 5. The van der Waals surface area contributed by atoms with E-state index in [4.69, 9.17) is 11.6 Å². The molecule has 3 N–H and O–H groups in total. The van der Waals surface area contributed by atoms with Crippen LogP contribution in [0.25, 0.3) is 0 Å². The molecule has 1 unspecified atom stereocenters. The zero-order valence-electron chi connectivity index (χ0n) is 9.36. The van der Waals surface area contributed by atoms with E-state index in [1.54, 1.807) is 12.1 Å². The van der Waals surface area contributed by atoms with Crippen molar-refractivity contribution in [3.63, 3.8) is 0 Å². The second-order valence-electron chi connectivity index (χ2n) is 3.92. The minimum Gasteiger partial charge on any atom is -0.387 e. The second-order valence-corrected chi connectivity index (χ2v) is 4.35. The van der Waals surface area contributed by atoms with E-state index in [0.717, 1.165) is 12.1 Å². The predicted octanol–water partition coefficient (Wildman–Crippen LogP) is 2.49. The van der Waals surface area contributed by atoms with Crippen LogP contribution in [0.2, 0.25) is 5.02 Å². The Labute approximate surface area is 105 Å². The highest BCUT2D eigenvalue weighted by Crippen LogP contribution is 2.15. The summed E-state index contributed by atoms with van der Waals surface area (Å²) in [6, 6.07) is 9.25. The molecular weight excluding hydrogens is 236 g/mol. The van der Waals surface area contributed by atoms with Crippen LogP contribution in [0.4, 0.5) is 0 Å². The summed E-state index contributed by atoms with van der Waals surface area (Å²) in [4.78, 5) is 2.99. The predicted molar refractivity (Wildman–Crippen MR) is 68.9 cm³/mol. The number of aliphatic hydroxyl groups is 1. The number of aromatic nitrogens is 1. The van der Waals surface area contributed by atoms with Gasteiger partial charge >= 0.3 is 0 Å². The van der Waals surface area contributed by atoms with Crippen molar-refractivity contribution in [2.24, 2.45) is 0 Å². The summed E-state index contributed by atoms with van der Waals surface area (Å²) in [6.45, 7) is 1.26. The first-order valence-corrected chi connectivity index (χ1v) is 5.89. The molecule has 0 saturated heterocycles. The first-order valence-electron chi connectivity index (χ1n) is 5.51. The fourth-order valence-electron chi connectivity index (χ4n) is 1.62. The summed E-state index contributed by atoms with van der Waals surface area (Å²) in [5, 5.41) is 13.8. The Morgan fingerprint density at radius 1 is 1.24 bits per heavy atom. The Balaban J connectivity index is 1.81. The van der Waals surface area contributed by atoms with Gasteiger partial charge in [-0.25, -0.2) is 0 Å². The van der Waals surface area contributed by atoms with Crippen LogP contribution in [-0.2, 0) is 6.54 Å². The Morgan fingerprint density at radius 3 is 2.65 bits per heavy atom. The van der Waals surface area contributed by atoms with Gasteiger partial charge in [0.05, 0.1) is 6.10 Å². The SMILES string of the molecule is OC(CNCc1cc[nH]c1)c1ccc(Cl)cc1. The first kappa shape index (κ1) is 12.2. The number of H-pyrrole nitrogens is 1. The number of aliphatic hydroxyl groups excluding tert-OH is 1. The lowest BCUT2D eigenvalue weighted by Gasteiger charge is -2.11. The lowest BCUT2D eigenvalue weighted by atomic mass is 10.1. The van der Waals surface area contributed by atoms with Gasteiger partial charge < -0.3 is 15.4 Å². The van der Waals surface area contributed by atoms with Crippen LogP contribution in [0.15, 0.2) is 42.7 Å². The second kappa shape index (κ2) is 5.87. The van der Waals surface area contributed by atoms with E-state index in [1.165, 1.54) is 5.56 Å². The molecule has 0 aliphatic heterocycles. The molecule has 3 nitrogen and oxygen atoms in total. The summed E-state index contributed by atoms with van der Waals surface area (Å²) in [5.74, 6) is 0. The molecule has 0 amide bonds. The van der Waals surface area contributed by atoms with Crippen LogP contribution < -0.4 is 5.32 Å². The molecular formula is C13H15ClN2O. The van der Waals surface area contributed by atoms with Gasteiger partial charge in [0.15, 0.2) is 0 Å². The molecule has 0 spiro atoms. The highest BCUT2D eigenvalue weighted by Gasteiger charge is 2.06. The molecule has 0 aliphatic rings. The molecule has 90 valence electrons. The van der Waals surface area contributed by atoms with Gasteiger partial charge in [-0.1, -0.05) is 23.7 Å². The van der Waals surface area contributed by atoms with Crippen molar-refractivity contribution in [2.45, 2.75) is 12.6 Å². The first-order chi connectivity index (χ1) is 8.25. The fourth-order valence-corrected chi connectivity index (χ4v) is 1.75. The minimum atomic E-state index is -0.508. The third-order valence-electron chi connectivity index (χ3n) is 2.58. The topological polar surface area (TPSA) is 48.0 Å². The molecule has 1 aromatic heterocycles. The Hall–Kier alpha value is -1.29. The van der Waals surface area contributed by atoms with Gasteiger partial charge in [0, 0.05) is 30.5 Å². The van der Waals surface area contributed by atoms with E-state index in [1.807, 2.05) is 30.6 Å². The van der Waals surface area contributed by atoms with Gasteiger partial charge in [-0.05, 0) is 29.3 Å². The lowest BCUT2D eigenvalue weighted by molar-refractivity contribution is 0.174. The van der Waals surface area contributed by atoms with Crippen LogP contribution in [0, 0.1) is 0 Å². The van der Waals surface area contributed by atoms with Gasteiger partial charge in [0.25, 0.3) is 0 Å². The number of hydrogen-bond donors (Lipinski definition) is 3. The van der Waals surface area contributed by atoms with E-state index in [-0.39, 0.29) is 0 Å². The number of aromatic amines is 1. The molecule has 0 radical (unpaired) electrons. The summed E-state index contributed by atoms with van der Waals surface area (Å²) in [5.41, 5.74) is 2.05. The third-order valence-corrected chi connectivity index (χ3v) is 2.84. The highest BCUT2D eigenvalue weighted by molar-refractivity contribution is 6.30. The Bertz CT molecular complexity index is 439. The molecule has 1 heterocycles. The van der Waals surface area contributed by atoms with E-state index in [9.17, 15) is 5.11 Å². The van der Waals surface area contributed by atoms with Gasteiger partial charge in [0.1, 0.15) is 0 Å². The van der Waals surface area contributed by atoms with Crippen molar-refractivity contribution in [2.75, 3.05) is 6.54 Å². The highest BCUT2D eigenvalue weighted by atomic mass is 35.5. The van der Waals surface area contributed by atoms with Crippen LogP contribution in [0.5, 0.6) is 0 Å². The number of benzene rings is 1. The molecule has 2 rings (SSSR count). The average Bonchev–Trinajstić information content (AvgIpc) is 2.83. The summed E-state index contributed by atoms with van der Waals surface area (Å²) in [6.07, 6.45) is 3.31. The summed E-state index contributed by atoms with van der Waals surface area (Å²) < 4.78 is 0. The van der Waals surface area contributed by atoms with Crippen LogP contribution in [-0.4, -0.2) is 16.6 Å². The van der Waals surface area contributed by atoms with Gasteiger partial charge in [-0.3, -0.25) is 0 Å². The van der Waals surface area contributed by atoms with Crippen LogP contribution in [0.3, 0.4) is 0 Å². The number of halogens is 1. The zero-order valence-corrected chi connectivity index (χ0v) is 10.1. The Kier molecular flexibility index (Phi) is 4.20. The smallest absolute Gasteiger partial charge is 0.0914 e. The zero-order chi connectivity index (χ0) is 12.1. The van der Waals surface area contributed by atoms with Gasteiger partial charge in [-0.15, -0.1) is 0 Å². The summed E-state index contributed by atoms with van der Waals surface area (Å²) >= 11 is 5.79.